The molecule has 0 spiro atoms. The zero-order valence-corrected chi connectivity index (χ0v) is 15.3. The first-order valence-electron chi connectivity index (χ1n) is 7.24. The highest BCUT2D eigenvalue weighted by Gasteiger charge is 2.15. The molecular weight excluding hydrogens is 348 g/mol. The molecule has 0 fully saturated rings. The molecule has 1 amide bonds. The van der Waals surface area contributed by atoms with Gasteiger partial charge in [0.15, 0.2) is 0 Å². The summed E-state index contributed by atoms with van der Waals surface area (Å²) < 4.78 is 23.7. The monoisotopic (exact) mass is 366 g/mol. The van der Waals surface area contributed by atoms with E-state index in [2.05, 4.69) is 5.32 Å². The van der Waals surface area contributed by atoms with Crippen LogP contribution in [0.3, 0.4) is 0 Å². The van der Waals surface area contributed by atoms with Gasteiger partial charge in [-0.25, -0.2) is 8.42 Å². The highest BCUT2D eigenvalue weighted by atomic mass is 35.5. The van der Waals surface area contributed by atoms with Crippen molar-refractivity contribution in [1.29, 1.82) is 0 Å². The first kappa shape index (κ1) is 18.4. The summed E-state index contributed by atoms with van der Waals surface area (Å²) in [5.41, 5.74) is 3.50. The van der Waals surface area contributed by atoms with Crippen LogP contribution in [-0.2, 0) is 14.8 Å². The van der Waals surface area contributed by atoms with Crippen LogP contribution in [0.25, 0.3) is 11.1 Å². The number of aryl methyl sites for hydroxylation is 1. The molecule has 0 aliphatic heterocycles. The summed E-state index contributed by atoms with van der Waals surface area (Å²) in [7, 11) is -2.02. The van der Waals surface area contributed by atoms with Crippen LogP contribution in [0.1, 0.15) is 5.56 Å². The Balaban J connectivity index is 2.14. The first-order valence-corrected chi connectivity index (χ1v) is 9.47. The third-order valence-corrected chi connectivity index (χ3v) is 5.09. The number of nitrogens with zero attached hydrogens (tertiary/aromatic N) is 1. The number of carbonyl (C=O) groups excluding carboxylic acids is 1. The number of hydrogen-bond donors (Lipinski definition) is 1. The Morgan fingerprint density at radius 1 is 1.17 bits per heavy atom. The van der Waals surface area contributed by atoms with Crippen LogP contribution >= 0.6 is 11.6 Å². The fourth-order valence-electron chi connectivity index (χ4n) is 2.16. The van der Waals surface area contributed by atoms with Gasteiger partial charge in [0, 0.05) is 17.8 Å². The summed E-state index contributed by atoms with van der Waals surface area (Å²) in [4.78, 5) is 12.0. The number of carbonyl (C=O) groups is 1. The number of halogens is 1. The predicted octanol–water partition coefficient (Wildman–Crippen LogP) is 3.15. The van der Waals surface area contributed by atoms with E-state index in [4.69, 9.17) is 11.6 Å². The molecule has 128 valence electrons. The number of rotatable bonds is 5. The summed E-state index contributed by atoms with van der Waals surface area (Å²) in [6.07, 6.45) is 1.06. The van der Waals surface area contributed by atoms with Gasteiger partial charge in [0.2, 0.25) is 15.9 Å². The van der Waals surface area contributed by atoms with Crippen molar-refractivity contribution in [3.8, 4) is 11.1 Å². The van der Waals surface area contributed by atoms with Gasteiger partial charge in [-0.1, -0.05) is 29.8 Å². The lowest BCUT2D eigenvalue weighted by Crippen LogP contribution is -2.34. The minimum Gasteiger partial charge on any atom is -0.325 e. The molecule has 0 aliphatic carbocycles. The average molecular weight is 367 g/mol. The minimum absolute atomic E-state index is 0.228. The molecule has 2 rings (SSSR count). The van der Waals surface area contributed by atoms with Gasteiger partial charge in [-0.2, -0.15) is 4.31 Å². The fourth-order valence-corrected chi connectivity index (χ4v) is 2.70. The Morgan fingerprint density at radius 2 is 1.83 bits per heavy atom. The van der Waals surface area contributed by atoms with Crippen molar-refractivity contribution in [2.75, 3.05) is 25.2 Å². The van der Waals surface area contributed by atoms with Gasteiger partial charge in [0.05, 0.1) is 12.8 Å². The van der Waals surface area contributed by atoms with Crippen LogP contribution in [0.5, 0.6) is 0 Å². The lowest BCUT2D eigenvalue weighted by Gasteiger charge is -2.15. The minimum atomic E-state index is -3.39. The van der Waals surface area contributed by atoms with Crippen molar-refractivity contribution >= 4 is 33.2 Å². The number of hydrogen-bond acceptors (Lipinski definition) is 3. The summed E-state index contributed by atoms with van der Waals surface area (Å²) in [6, 6.07) is 13.1. The molecule has 2 aromatic carbocycles. The van der Waals surface area contributed by atoms with Crippen molar-refractivity contribution in [3.63, 3.8) is 0 Å². The maximum absolute atomic E-state index is 12.0. The zero-order chi connectivity index (χ0) is 17.9. The predicted molar refractivity (Wildman–Crippen MR) is 97.7 cm³/mol. The standard InChI is InChI=1S/C17H19ClN2O3S/c1-12-9-14(13-5-4-6-15(18)10-13)7-8-16(12)19-17(21)11-20(2)24(3,22)23/h4-10H,11H2,1-3H3,(H,19,21). The second-order valence-electron chi connectivity index (χ2n) is 5.61. The summed E-state index contributed by atoms with van der Waals surface area (Å²) >= 11 is 6.01. The molecule has 2 aromatic rings. The molecule has 0 saturated carbocycles. The number of anilines is 1. The van der Waals surface area contributed by atoms with Gasteiger partial charge in [0.25, 0.3) is 0 Å². The third kappa shape index (κ3) is 4.80. The van der Waals surface area contributed by atoms with E-state index < -0.39 is 10.0 Å². The van der Waals surface area contributed by atoms with Crippen molar-refractivity contribution in [1.82, 2.24) is 4.31 Å². The van der Waals surface area contributed by atoms with Gasteiger partial charge in [-0.15, -0.1) is 0 Å². The summed E-state index contributed by atoms with van der Waals surface area (Å²) in [5, 5.41) is 3.39. The second kappa shape index (κ2) is 7.34. The largest absolute Gasteiger partial charge is 0.325 e. The molecule has 0 heterocycles. The van der Waals surface area contributed by atoms with E-state index >= 15 is 0 Å². The maximum atomic E-state index is 12.0. The van der Waals surface area contributed by atoms with Crippen LogP contribution < -0.4 is 5.32 Å². The molecule has 0 atom stereocenters. The van der Waals surface area contributed by atoms with E-state index in [0.717, 1.165) is 27.3 Å². The van der Waals surface area contributed by atoms with Crippen LogP contribution in [-0.4, -0.2) is 38.5 Å². The number of likely N-dealkylation sites (N-methyl/N-ethyl adjacent to an activating group) is 1. The zero-order valence-electron chi connectivity index (χ0n) is 13.7. The Hall–Kier alpha value is -1.89. The number of nitrogens with one attached hydrogen (secondary N) is 1. The van der Waals surface area contributed by atoms with Crippen molar-refractivity contribution < 1.29 is 13.2 Å². The Kier molecular flexibility index (Phi) is 5.64. The number of benzene rings is 2. The van der Waals surface area contributed by atoms with E-state index in [-0.39, 0.29) is 12.5 Å². The molecule has 5 nitrogen and oxygen atoms in total. The molecule has 0 saturated heterocycles. The Labute approximate surface area is 147 Å². The van der Waals surface area contributed by atoms with Gasteiger partial charge in [0.1, 0.15) is 0 Å². The van der Waals surface area contributed by atoms with Crippen molar-refractivity contribution in [2.45, 2.75) is 6.92 Å². The Morgan fingerprint density at radius 3 is 2.42 bits per heavy atom. The van der Waals surface area contributed by atoms with Crippen LogP contribution in [0.4, 0.5) is 5.69 Å². The lowest BCUT2D eigenvalue weighted by molar-refractivity contribution is -0.116. The number of sulfonamides is 1. The molecule has 0 unspecified atom stereocenters. The SMILES string of the molecule is Cc1cc(-c2cccc(Cl)c2)ccc1NC(=O)CN(C)S(C)(=O)=O. The summed E-state index contributed by atoms with van der Waals surface area (Å²) in [6.45, 7) is 1.65. The molecule has 0 radical (unpaired) electrons. The van der Waals surface area contributed by atoms with E-state index in [1.165, 1.54) is 7.05 Å². The smallest absolute Gasteiger partial charge is 0.239 e. The molecule has 0 bridgehead atoms. The van der Waals surface area contributed by atoms with E-state index in [0.29, 0.717) is 10.7 Å². The van der Waals surface area contributed by atoms with Crippen LogP contribution in [0.15, 0.2) is 42.5 Å². The van der Waals surface area contributed by atoms with E-state index in [9.17, 15) is 13.2 Å². The highest BCUT2D eigenvalue weighted by molar-refractivity contribution is 7.88. The van der Waals surface area contributed by atoms with Crippen molar-refractivity contribution in [3.05, 3.63) is 53.1 Å². The normalized spacial score (nSPS) is 11.5. The van der Waals surface area contributed by atoms with Gasteiger partial charge in [-0.05, 0) is 47.9 Å². The van der Waals surface area contributed by atoms with Gasteiger partial charge >= 0.3 is 0 Å². The molecule has 7 heteroatoms. The number of amides is 1. The average Bonchev–Trinajstić information content (AvgIpc) is 2.48. The van der Waals surface area contributed by atoms with E-state index in [1.54, 1.807) is 6.07 Å². The quantitative estimate of drug-likeness (QED) is 0.883. The van der Waals surface area contributed by atoms with Crippen LogP contribution in [0, 0.1) is 6.92 Å². The first-order chi connectivity index (χ1) is 11.2. The molecule has 0 aliphatic rings. The second-order valence-corrected chi connectivity index (χ2v) is 8.13. The molecule has 1 N–H and O–H groups in total. The molecule has 0 aromatic heterocycles. The van der Waals surface area contributed by atoms with Crippen molar-refractivity contribution in [2.24, 2.45) is 0 Å². The maximum Gasteiger partial charge on any atom is 0.239 e. The molecule has 24 heavy (non-hydrogen) atoms. The molecular formula is C17H19ClN2O3S. The topological polar surface area (TPSA) is 66.5 Å². The third-order valence-electron chi connectivity index (χ3n) is 3.59. The summed E-state index contributed by atoms with van der Waals surface area (Å²) in [5.74, 6) is -0.387. The highest BCUT2D eigenvalue weighted by Crippen LogP contribution is 2.26. The van der Waals surface area contributed by atoms with Crippen LogP contribution in [0.2, 0.25) is 5.02 Å². The van der Waals surface area contributed by atoms with Gasteiger partial charge < -0.3 is 5.32 Å². The van der Waals surface area contributed by atoms with E-state index in [1.807, 2.05) is 43.3 Å². The van der Waals surface area contributed by atoms with Gasteiger partial charge in [-0.3, -0.25) is 4.79 Å². The lowest BCUT2D eigenvalue weighted by atomic mass is 10.0. The fraction of sp³-hybridized carbons (Fsp3) is 0.235. The Bertz CT molecular complexity index is 866.